The van der Waals surface area contributed by atoms with Gasteiger partial charge in [0.05, 0.1) is 11.4 Å². The molecule has 4 heteroatoms. The van der Waals surface area contributed by atoms with Crippen LogP contribution in [0.2, 0.25) is 0 Å². The van der Waals surface area contributed by atoms with Crippen LogP contribution in [0.25, 0.3) is 28.0 Å². The second-order valence-electron chi connectivity index (χ2n) is 7.62. The van der Waals surface area contributed by atoms with Gasteiger partial charge in [0.1, 0.15) is 5.82 Å². The van der Waals surface area contributed by atoms with Crippen LogP contribution in [0.1, 0.15) is 11.3 Å². The van der Waals surface area contributed by atoms with Crippen molar-refractivity contribution in [2.75, 3.05) is 11.9 Å². The molecule has 152 valence electrons. The summed E-state index contributed by atoms with van der Waals surface area (Å²) in [4.78, 5) is 5.03. The molecule has 5 rings (SSSR count). The summed E-state index contributed by atoms with van der Waals surface area (Å²) >= 11 is 0. The molecule has 2 aromatic heterocycles. The van der Waals surface area contributed by atoms with Gasteiger partial charge in [0.25, 0.3) is 0 Å². The molecular weight excluding hydrogens is 380 g/mol. The van der Waals surface area contributed by atoms with Gasteiger partial charge < -0.3 is 5.32 Å². The Hall–Kier alpha value is -3.92. The number of anilines is 1. The minimum absolute atomic E-state index is 0.816. The Bertz CT molecular complexity index is 1290. The standard InChI is InChI=1S/C27H24N4/c1-20-26(23-15-9-4-10-16-23)27-29-24(22-13-7-3-8-14-22)19-25(31(27)30-20)28-18-17-21-11-5-2-6-12-21/h2-16,19,28H,17-18H2,1H3. The number of fused-ring (bicyclic) bond motifs is 1. The fourth-order valence-electron chi connectivity index (χ4n) is 3.93. The first-order chi connectivity index (χ1) is 15.3. The fraction of sp³-hybridized carbons (Fsp3) is 0.111. The smallest absolute Gasteiger partial charge is 0.166 e. The lowest BCUT2D eigenvalue weighted by Gasteiger charge is -2.11. The van der Waals surface area contributed by atoms with Crippen molar-refractivity contribution in [3.05, 3.63) is 108 Å². The molecule has 0 radical (unpaired) electrons. The van der Waals surface area contributed by atoms with Crippen LogP contribution in [0.4, 0.5) is 5.82 Å². The summed E-state index contributed by atoms with van der Waals surface area (Å²) in [6.07, 6.45) is 0.942. The summed E-state index contributed by atoms with van der Waals surface area (Å²) < 4.78 is 1.94. The Balaban J connectivity index is 1.59. The van der Waals surface area contributed by atoms with Gasteiger partial charge in [0, 0.05) is 23.7 Å². The van der Waals surface area contributed by atoms with Crippen molar-refractivity contribution in [3.63, 3.8) is 0 Å². The molecule has 0 saturated heterocycles. The molecule has 2 heterocycles. The van der Waals surface area contributed by atoms with Crippen LogP contribution in [0.5, 0.6) is 0 Å². The van der Waals surface area contributed by atoms with Gasteiger partial charge in [-0.05, 0) is 24.5 Å². The monoisotopic (exact) mass is 404 g/mol. The molecule has 31 heavy (non-hydrogen) atoms. The zero-order chi connectivity index (χ0) is 21.0. The average molecular weight is 405 g/mol. The summed E-state index contributed by atoms with van der Waals surface area (Å²) in [6, 6.07) is 33.3. The first-order valence-corrected chi connectivity index (χ1v) is 10.6. The molecule has 0 saturated carbocycles. The molecule has 0 amide bonds. The summed E-state index contributed by atoms with van der Waals surface area (Å²) in [5.74, 6) is 0.949. The number of aryl methyl sites for hydroxylation is 1. The van der Waals surface area contributed by atoms with E-state index in [-0.39, 0.29) is 0 Å². The van der Waals surface area contributed by atoms with E-state index >= 15 is 0 Å². The summed E-state index contributed by atoms with van der Waals surface area (Å²) in [6.45, 7) is 2.86. The summed E-state index contributed by atoms with van der Waals surface area (Å²) in [5.41, 5.74) is 7.38. The molecule has 0 fully saturated rings. The number of aromatic nitrogens is 3. The van der Waals surface area contributed by atoms with E-state index in [4.69, 9.17) is 10.1 Å². The molecule has 0 aliphatic heterocycles. The van der Waals surface area contributed by atoms with Gasteiger partial charge in [-0.25, -0.2) is 4.98 Å². The van der Waals surface area contributed by atoms with Crippen molar-refractivity contribution in [1.82, 2.24) is 14.6 Å². The van der Waals surface area contributed by atoms with Gasteiger partial charge >= 0.3 is 0 Å². The third-order valence-electron chi connectivity index (χ3n) is 5.46. The topological polar surface area (TPSA) is 42.2 Å². The normalized spacial score (nSPS) is 11.0. The van der Waals surface area contributed by atoms with E-state index in [9.17, 15) is 0 Å². The van der Waals surface area contributed by atoms with Crippen molar-refractivity contribution in [2.45, 2.75) is 13.3 Å². The number of hydrogen-bond acceptors (Lipinski definition) is 3. The Labute approximate surface area is 182 Å². The first kappa shape index (κ1) is 19.1. The van der Waals surface area contributed by atoms with E-state index in [0.29, 0.717) is 0 Å². The van der Waals surface area contributed by atoms with E-state index in [2.05, 4.69) is 72.0 Å². The second-order valence-corrected chi connectivity index (χ2v) is 7.62. The maximum atomic E-state index is 5.03. The number of nitrogens with one attached hydrogen (secondary N) is 1. The zero-order valence-electron chi connectivity index (χ0n) is 17.5. The highest BCUT2D eigenvalue weighted by Crippen LogP contribution is 2.31. The van der Waals surface area contributed by atoms with Gasteiger partial charge in [-0.3, -0.25) is 0 Å². The maximum absolute atomic E-state index is 5.03. The van der Waals surface area contributed by atoms with E-state index < -0.39 is 0 Å². The van der Waals surface area contributed by atoms with E-state index in [1.807, 2.05) is 41.8 Å². The van der Waals surface area contributed by atoms with Gasteiger partial charge in [0.15, 0.2) is 5.65 Å². The van der Waals surface area contributed by atoms with Crippen molar-refractivity contribution in [2.24, 2.45) is 0 Å². The van der Waals surface area contributed by atoms with Crippen LogP contribution in [-0.2, 0) is 6.42 Å². The zero-order valence-corrected chi connectivity index (χ0v) is 17.5. The van der Waals surface area contributed by atoms with Crippen molar-refractivity contribution in [3.8, 4) is 22.4 Å². The lowest BCUT2D eigenvalue weighted by Crippen LogP contribution is -2.10. The number of hydrogen-bond donors (Lipinski definition) is 1. The number of nitrogens with zero attached hydrogens (tertiary/aromatic N) is 3. The fourth-order valence-corrected chi connectivity index (χ4v) is 3.93. The molecule has 0 bridgehead atoms. The first-order valence-electron chi connectivity index (χ1n) is 10.6. The van der Waals surface area contributed by atoms with Crippen molar-refractivity contribution >= 4 is 11.5 Å². The van der Waals surface area contributed by atoms with Gasteiger partial charge in [-0.2, -0.15) is 9.61 Å². The van der Waals surface area contributed by atoms with Gasteiger partial charge in [-0.15, -0.1) is 0 Å². The lowest BCUT2D eigenvalue weighted by atomic mass is 10.1. The largest absolute Gasteiger partial charge is 0.370 e. The molecule has 0 spiro atoms. The van der Waals surface area contributed by atoms with Crippen LogP contribution < -0.4 is 5.32 Å². The van der Waals surface area contributed by atoms with Crippen molar-refractivity contribution < 1.29 is 0 Å². The third-order valence-corrected chi connectivity index (χ3v) is 5.46. The predicted molar refractivity (Wildman–Crippen MR) is 127 cm³/mol. The molecule has 1 N–H and O–H groups in total. The maximum Gasteiger partial charge on any atom is 0.166 e. The Morgan fingerprint density at radius 3 is 2.06 bits per heavy atom. The minimum Gasteiger partial charge on any atom is -0.370 e. The van der Waals surface area contributed by atoms with Gasteiger partial charge in [0.2, 0.25) is 0 Å². The Morgan fingerprint density at radius 2 is 1.39 bits per heavy atom. The molecule has 0 atom stereocenters. The highest BCUT2D eigenvalue weighted by molar-refractivity contribution is 5.82. The molecular formula is C27H24N4. The predicted octanol–water partition coefficient (Wildman–Crippen LogP) is 6.03. The van der Waals surface area contributed by atoms with Crippen LogP contribution >= 0.6 is 0 Å². The highest BCUT2D eigenvalue weighted by Gasteiger charge is 2.17. The Kier molecular flexibility index (Phi) is 5.19. The number of benzene rings is 3. The second kappa shape index (κ2) is 8.44. The summed E-state index contributed by atoms with van der Waals surface area (Å²) in [5, 5.41) is 8.44. The number of rotatable bonds is 6. The Morgan fingerprint density at radius 1 is 0.774 bits per heavy atom. The van der Waals surface area contributed by atoms with E-state index in [0.717, 1.165) is 52.5 Å². The van der Waals surface area contributed by atoms with E-state index in [1.54, 1.807) is 0 Å². The van der Waals surface area contributed by atoms with Crippen LogP contribution in [-0.4, -0.2) is 21.1 Å². The molecule has 0 aliphatic rings. The quantitative estimate of drug-likeness (QED) is 0.376. The lowest BCUT2D eigenvalue weighted by molar-refractivity contribution is 0.899. The van der Waals surface area contributed by atoms with Crippen LogP contribution in [0.3, 0.4) is 0 Å². The van der Waals surface area contributed by atoms with Gasteiger partial charge in [-0.1, -0.05) is 91.0 Å². The highest BCUT2D eigenvalue weighted by atomic mass is 15.3. The third kappa shape index (κ3) is 3.92. The summed E-state index contributed by atoms with van der Waals surface area (Å²) in [7, 11) is 0. The molecule has 0 aliphatic carbocycles. The molecule has 5 aromatic rings. The van der Waals surface area contributed by atoms with Crippen LogP contribution in [0.15, 0.2) is 97.1 Å². The molecule has 4 nitrogen and oxygen atoms in total. The molecule has 0 unspecified atom stereocenters. The van der Waals surface area contributed by atoms with E-state index in [1.165, 1.54) is 5.56 Å². The average Bonchev–Trinajstić information content (AvgIpc) is 3.17. The van der Waals surface area contributed by atoms with Crippen LogP contribution in [0, 0.1) is 6.92 Å². The molecule has 3 aromatic carbocycles. The van der Waals surface area contributed by atoms with Crippen molar-refractivity contribution in [1.29, 1.82) is 0 Å². The minimum atomic E-state index is 0.816. The SMILES string of the molecule is Cc1nn2c(NCCc3ccccc3)cc(-c3ccccc3)nc2c1-c1ccccc1.